The molecule has 0 bridgehead atoms. The topological polar surface area (TPSA) is 37.0 Å². The maximum absolute atomic E-state index is 5.12. The maximum Gasteiger partial charge on any atom is 0.118 e. The van der Waals surface area contributed by atoms with Gasteiger partial charge in [0.15, 0.2) is 0 Å². The zero-order valence-electron chi connectivity index (χ0n) is 10.1. The van der Waals surface area contributed by atoms with Gasteiger partial charge in [0.2, 0.25) is 0 Å². The molecule has 0 atom stereocenters. The molecule has 2 N–H and O–H groups in total. The van der Waals surface area contributed by atoms with E-state index in [1.54, 1.807) is 7.11 Å². The van der Waals surface area contributed by atoms with Crippen LogP contribution in [0.2, 0.25) is 0 Å². The third kappa shape index (κ3) is 3.64. The predicted octanol–water partition coefficient (Wildman–Crippen LogP) is 2.36. The van der Waals surface area contributed by atoms with Crippen LogP contribution in [-0.4, -0.2) is 18.6 Å². The van der Waals surface area contributed by atoms with Gasteiger partial charge in [0.1, 0.15) is 5.75 Å². The van der Waals surface area contributed by atoms with Crippen molar-refractivity contribution in [1.29, 1.82) is 0 Å². The van der Waals surface area contributed by atoms with E-state index < -0.39 is 0 Å². The van der Waals surface area contributed by atoms with Crippen LogP contribution in [0.1, 0.15) is 11.3 Å². The molecular formula is C14H18N2O. The van der Waals surface area contributed by atoms with E-state index in [9.17, 15) is 0 Å². The Balaban J connectivity index is 1.70. The Hall–Kier alpha value is -1.74. The normalized spacial score (nSPS) is 10.4. The summed E-state index contributed by atoms with van der Waals surface area (Å²) in [5.41, 5.74) is 2.55. The van der Waals surface area contributed by atoms with E-state index in [-0.39, 0.29) is 0 Å². The highest BCUT2D eigenvalue weighted by molar-refractivity contribution is 5.27. The molecule has 3 nitrogen and oxygen atoms in total. The second kappa shape index (κ2) is 6.11. The second-order valence-electron chi connectivity index (χ2n) is 3.97. The fraction of sp³-hybridized carbons (Fsp3) is 0.286. The van der Waals surface area contributed by atoms with Gasteiger partial charge in [-0.25, -0.2) is 0 Å². The number of methoxy groups -OCH3 is 1. The van der Waals surface area contributed by atoms with Gasteiger partial charge in [0.05, 0.1) is 7.11 Å². The number of aromatic nitrogens is 1. The van der Waals surface area contributed by atoms with Gasteiger partial charge in [-0.1, -0.05) is 12.1 Å². The van der Waals surface area contributed by atoms with E-state index in [2.05, 4.69) is 28.5 Å². The monoisotopic (exact) mass is 230 g/mol. The van der Waals surface area contributed by atoms with Gasteiger partial charge in [-0.3, -0.25) is 0 Å². The Morgan fingerprint density at radius 3 is 2.65 bits per heavy atom. The molecule has 1 aromatic heterocycles. The number of aromatic amines is 1. The first-order chi connectivity index (χ1) is 8.38. The molecule has 3 heteroatoms. The summed E-state index contributed by atoms with van der Waals surface area (Å²) in [6, 6.07) is 12.3. The van der Waals surface area contributed by atoms with Gasteiger partial charge >= 0.3 is 0 Å². The first-order valence-electron chi connectivity index (χ1n) is 5.84. The lowest BCUT2D eigenvalue weighted by Crippen LogP contribution is -2.16. The Morgan fingerprint density at radius 1 is 1.18 bits per heavy atom. The molecule has 0 saturated carbocycles. The Morgan fingerprint density at radius 2 is 2.00 bits per heavy atom. The molecule has 0 fully saturated rings. The van der Waals surface area contributed by atoms with Crippen molar-refractivity contribution in [2.45, 2.75) is 13.0 Å². The number of benzene rings is 1. The van der Waals surface area contributed by atoms with Crippen LogP contribution in [0.15, 0.2) is 42.6 Å². The minimum absolute atomic E-state index is 0.892. The Bertz CT molecular complexity index is 420. The largest absolute Gasteiger partial charge is 0.497 e. The van der Waals surface area contributed by atoms with Crippen LogP contribution in [-0.2, 0) is 13.0 Å². The third-order valence-electron chi connectivity index (χ3n) is 2.73. The molecule has 2 rings (SSSR count). The van der Waals surface area contributed by atoms with Crippen LogP contribution >= 0.6 is 0 Å². The molecule has 0 spiro atoms. The minimum Gasteiger partial charge on any atom is -0.497 e. The number of nitrogens with one attached hydrogen (secondary N) is 2. The summed E-state index contributed by atoms with van der Waals surface area (Å²) < 4.78 is 5.12. The van der Waals surface area contributed by atoms with E-state index in [4.69, 9.17) is 4.74 Å². The first kappa shape index (κ1) is 11.7. The maximum atomic E-state index is 5.12. The number of hydrogen-bond acceptors (Lipinski definition) is 2. The van der Waals surface area contributed by atoms with Gasteiger partial charge in [0.25, 0.3) is 0 Å². The average molecular weight is 230 g/mol. The van der Waals surface area contributed by atoms with Crippen molar-refractivity contribution in [2.24, 2.45) is 0 Å². The van der Waals surface area contributed by atoms with Crippen molar-refractivity contribution in [3.63, 3.8) is 0 Å². The molecule has 0 saturated heterocycles. The Kier molecular flexibility index (Phi) is 4.22. The summed E-state index contributed by atoms with van der Waals surface area (Å²) in [5.74, 6) is 0.910. The van der Waals surface area contributed by atoms with Gasteiger partial charge in [-0.2, -0.15) is 0 Å². The van der Waals surface area contributed by atoms with Gasteiger partial charge in [0, 0.05) is 18.4 Å². The highest BCUT2D eigenvalue weighted by Gasteiger charge is 1.95. The summed E-state index contributed by atoms with van der Waals surface area (Å²) in [6.45, 7) is 1.87. The quantitative estimate of drug-likeness (QED) is 0.747. The van der Waals surface area contributed by atoms with Gasteiger partial charge in [-0.15, -0.1) is 0 Å². The molecule has 1 aromatic carbocycles. The van der Waals surface area contributed by atoms with E-state index >= 15 is 0 Å². The van der Waals surface area contributed by atoms with Crippen LogP contribution in [0, 0.1) is 0 Å². The Labute approximate surface area is 102 Å². The van der Waals surface area contributed by atoms with Crippen molar-refractivity contribution in [3.05, 3.63) is 53.9 Å². The summed E-state index contributed by atoms with van der Waals surface area (Å²) in [6.07, 6.45) is 2.98. The van der Waals surface area contributed by atoms with Crippen LogP contribution in [0.3, 0.4) is 0 Å². The SMILES string of the molecule is COc1ccc(CCNCc2ccc[nH]2)cc1. The zero-order valence-corrected chi connectivity index (χ0v) is 10.1. The number of ether oxygens (including phenoxy) is 1. The molecule has 17 heavy (non-hydrogen) atoms. The fourth-order valence-corrected chi connectivity index (χ4v) is 1.73. The highest BCUT2D eigenvalue weighted by Crippen LogP contribution is 2.11. The number of rotatable bonds is 6. The number of hydrogen-bond donors (Lipinski definition) is 2. The molecule has 0 aliphatic carbocycles. The van der Waals surface area contributed by atoms with Crippen molar-refractivity contribution in [1.82, 2.24) is 10.3 Å². The lowest BCUT2D eigenvalue weighted by atomic mass is 10.1. The molecular weight excluding hydrogens is 212 g/mol. The molecule has 0 aliphatic rings. The molecule has 0 amide bonds. The van der Waals surface area contributed by atoms with Gasteiger partial charge < -0.3 is 15.0 Å². The van der Waals surface area contributed by atoms with Crippen LogP contribution in [0.4, 0.5) is 0 Å². The lowest BCUT2D eigenvalue weighted by Gasteiger charge is -2.05. The van der Waals surface area contributed by atoms with E-state index in [1.807, 2.05) is 24.4 Å². The summed E-state index contributed by atoms with van der Waals surface area (Å²) in [7, 11) is 1.69. The lowest BCUT2D eigenvalue weighted by molar-refractivity contribution is 0.414. The zero-order chi connectivity index (χ0) is 11.9. The first-order valence-corrected chi connectivity index (χ1v) is 5.84. The fourth-order valence-electron chi connectivity index (χ4n) is 1.73. The van der Waals surface area contributed by atoms with E-state index in [1.165, 1.54) is 11.3 Å². The number of H-pyrrole nitrogens is 1. The van der Waals surface area contributed by atoms with Crippen LogP contribution in [0.25, 0.3) is 0 Å². The predicted molar refractivity (Wildman–Crippen MR) is 69.2 cm³/mol. The summed E-state index contributed by atoms with van der Waals surface area (Å²) in [4.78, 5) is 3.17. The van der Waals surface area contributed by atoms with Crippen molar-refractivity contribution < 1.29 is 4.74 Å². The van der Waals surface area contributed by atoms with E-state index in [0.717, 1.165) is 25.3 Å². The van der Waals surface area contributed by atoms with E-state index in [0.29, 0.717) is 0 Å². The molecule has 90 valence electrons. The second-order valence-corrected chi connectivity index (χ2v) is 3.97. The molecule has 0 unspecified atom stereocenters. The molecule has 1 heterocycles. The molecule has 2 aromatic rings. The third-order valence-corrected chi connectivity index (χ3v) is 2.73. The highest BCUT2D eigenvalue weighted by atomic mass is 16.5. The summed E-state index contributed by atoms with van der Waals surface area (Å²) in [5, 5.41) is 3.40. The average Bonchev–Trinajstić information content (AvgIpc) is 2.88. The summed E-state index contributed by atoms with van der Waals surface area (Å²) >= 11 is 0. The van der Waals surface area contributed by atoms with Crippen LogP contribution in [0.5, 0.6) is 5.75 Å². The molecule has 0 radical (unpaired) electrons. The molecule has 0 aliphatic heterocycles. The van der Waals surface area contributed by atoms with Crippen molar-refractivity contribution in [2.75, 3.05) is 13.7 Å². The van der Waals surface area contributed by atoms with Crippen molar-refractivity contribution >= 4 is 0 Å². The van der Waals surface area contributed by atoms with Crippen molar-refractivity contribution in [3.8, 4) is 5.75 Å². The van der Waals surface area contributed by atoms with Crippen LogP contribution < -0.4 is 10.1 Å². The van der Waals surface area contributed by atoms with Gasteiger partial charge in [-0.05, 0) is 42.8 Å². The minimum atomic E-state index is 0.892. The smallest absolute Gasteiger partial charge is 0.118 e. The standard InChI is InChI=1S/C14H18N2O/c1-17-14-6-4-12(5-7-14)8-10-15-11-13-3-2-9-16-13/h2-7,9,15-16H,8,10-11H2,1H3.